The van der Waals surface area contributed by atoms with E-state index in [-0.39, 0.29) is 5.91 Å². The molecule has 0 fully saturated rings. The number of carbonyl (C=O) groups excluding carboxylic acids is 2. The largest absolute Gasteiger partial charge is 0.443 e. The topological polar surface area (TPSA) is 80.3 Å². The van der Waals surface area contributed by atoms with E-state index in [9.17, 15) is 9.59 Å². The predicted octanol–water partition coefficient (Wildman–Crippen LogP) is 7.11. The van der Waals surface area contributed by atoms with Gasteiger partial charge in [-0.1, -0.05) is 73.2 Å². The minimum absolute atomic E-state index is 0.269. The standard InChI is InChI=1S/C26H31N3O3S/c1-7-26(6,8-2)32-25(31)29-24-28-21(19-12-10-9-11-13-19)22(33-24)23(30)27-20-17(4)14-16(3)15-18(20)5/h9-15H,7-8H2,1-6H3,(H,27,30)(H,28,29,31). The van der Waals surface area contributed by atoms with Crippen molar-refractivity contribution in [2.75, 3.05) is 10.6 Å². The highest BCUT2D eigenvalue weighted by atomic mass is 32.1. The minimum atomic E-state index is -0.577. The third-order valence-corrected chi connectivity index (χ3v) is 6.81. The van der Waals surface area contributed by atoms with Crippen molar-refractivity contribution in [1.29, 1.82) is 0 Å². The van der Waals surface area contributed by atoms with E-state index >= 15 is 0 Å². The van der Waals surface area contributed by atoms with Crippen molar-refractivity contribution in [3.8, 4) is 11.3 Å². The van der Waals surface area contributed by atoms with Crippen LogP contribution in [0, 0.1) is 20.8 Å². The zero-order valence-corrected chi connectivity index (χ0v) is 20.9. The molecule has 3 rings (SSSR count). The Morgan fingerprint density at radius 1 is 1.00 bits per heavy atom. The molecular weight excluding hydrogens is 434 g/mol. The van der Waals surface area contributed by atoms with Crippen LogP contribution >= 0.6 is 11.3 Å². The Bertz CT molecular complexity index is 1130. The molecule has 2 amide bonds. The Morgan fingerprint density at radius 3 is 2.18 bits per heavy atom. The number of aryl methyl sites for hydroxylation is 3. The molecule has 0 aliphatic carbocycles. The molecule has 0 radical (unpaired) electrons. The third-order valence-electron chi connectivity index (χ3n) is 5.84. The number of nitrogens with one attached hydrogen (secondary N) is 2. The van der Waals surface area contributed by atoms with Crippen LogP contribution in [0.2, 0.25) is 0 Å². The van der Waals surface area contributed by atoms with Crippen LogP contribution in [0.15, 0.2) is 42.5 Å². The van der Waals surface area contributed by atoms with Crippen molar-refractivity contribution >= 4 is 34.2 Å². The van der Waals surface area contributed by atoms with Gasteiger partial charge in [0, 0.05) is 11.3 Å². The van der Waals surface area contributed by atoms with Gasteiger partial charge >= 0.3 is 6.09 Å². The van der Waals surface area contributed by atoms with Crippen LogP contribution in [0.5, 0.6) is 0 Å². The van der Waals surface area contributed by atoms with E-state index in [0.717, 1.165) is 39.3 Å². The lowest BCUT2D eigenvalue weighted by atomic mass is 10.0. The maximum Gasteiger partial charge on any atom is 0.413 e. The highest BCUT2D eigenvalue weighted by molar-refractivity contribution is 7.18. The van der Waals surface area contributed by atoms with E-state index in [0.29, 0.717) is 28.5 Å². The summed E-state index contributed by atoms with van der Waals surface area (Å²) in [7, 11) is 0. The molecule has 6 nitrogen and oxygen atoms in total. The van der Waals surface area contributed by atoms with Crippen LogP contribution in [0.3, 0.4) is 0 Å². The molecule has 7 heteroatoms. The summed E-state index contributed by atoms with van der Waals surface area (Å²) in [6, 6.07) is 13.5. The number of aromatic nitrogens is 1. The summed E-state index contributed by atoms with van der Waals surface area (Å²) in [6.07, 6.45) is 0.826. The molecule has 2 N–H and O–H groups in total. The predicted molar refractivity (Wildman–Crippen MR) is 135 cm³/mol. The molecule has 0 saturated heterocycles. The lowest BCUT2D eigenvalue weighted by molar-refractivity contribution is 0.0282. The van der Waals surface area contributed by atoms with E-state index in [1.54, 1.807) is 0 Å². The number of nitrogens with zero attached hydrogens (tertiary/aromatic N) is 1. The zero-order chi connectivity index (χ0) is 24.2. The molecule has 0 unspecified atom stereocenters. The van der Waals surface area contributed by atoms with Gasteiger partial charge in [0.1, 0.15) is 10.5 Å². The molecule has 0 saturated carbocycles. The molecule has 1 heterocycles. The van der Waals surface area contributed by atoms with Gasteiger partial charge in [0.2, 0.25) is 0 Å². The smallest absolute Gasteiger partial charge is 0.413 e. The van der Waals surface area contributed by atoms with E-state index in [2.05, 4.69) is 15.6 Å². The molecular formula is C26H31N3O3S. The maximum atomic E-state index is 13.3. The van der Waals surface area contributed by atoms with E-state index in [4.69, 9.17) is 4.74 Å². The van der Waals surface area contributed by atoms with Crippen molar-refractivity contribution < 1.29 is 14.3 Å². The molecule has 0 spiro atoms. The number of carbonyl (C=O) groups is 2. The summed E-state index contributed by atoms with van der Waals surface area (Å²) in [5.74, 6) is -0.269. The molecule has 2 aromatic carbocycles. The Morgan fingerprint density at radius 2 is 1.61 bits per heavy atom. The number of amides is 2. The highest BCUT2D eigenvalue weighted by Gasteiger charge is 2.26. The molecule has 0 atom stereocenters. The molecule has 1 aromatic heterocycles. The van der Waals surface area contributed by atoms with Crippen molar-refractivity contribution in [2.45, 2.75) is 60.0 Å². The Kier molecular flexibility index (Phi) is 7.53. The average molecular weight is 466 g/mol. The number of hydrogen-bond acceptors (Lipinski definition) is 5. The Labute approximate surface area is 199 Å². The van der Waals surface area contributed by atoms with Gasteiger partial charge in [-0.15, -0.1) is 0 Å². The van der Waals surface area contributed by atoms with Gasteiger partial charge in [0.25, 0.3) is 5.91 Å². The van der Waals surface area contributed by atoms with Crippen molar-refractivity contribution in [2.24, 2.45) is 0 Å². The summed E-state index contributed by atoms with van der Waals surface area (Å²) >= 11 is 1.13. The number of ether oxygens (including phenoxy) is 1. The number of anilines is 2. The van der Waals surface area contributed by atoms with E-state index in [1.807, 2.05) is 84.0 Å². The van der Waals surface area contributed by atoms with Gasteiger partial charge in [-0.05, 0) is 51.7 Å². The SMILES string of the molecule is CCC(C)(CC)OC(=O)Nc1nc(-c2ccccc2)c(C(=O)Nc2c(C)cc(C)cc2C)s1. The fourth-order valence-corrected chi connectivity index (χ4v) is 4.47. The van der Waals surface area contributed by atoms with Crippen LogP contribution in [-0.2, 0) is 4.74 Å². The minimum Gasteiger partial charge on any atom is -0.443 e. The van der Waals surface area contributed by atoms with Gasteiger partial charge in [-0.25, -0.2) is 9.78 Å². The zero-order valence-electron chi connectivity index (χ0n) is 20.0. The van der Waals surface area contributed by atoms with Gasteiger partial charge in [-0.3, -0.25) is 10.1 Å². The second kappa shape index (κ2) is 10.2. The third kappa shape index (κ3) is 5.79. The number of thiazole rings is 1. The fourth-order valence-electron chi connectivity index (χ4n) is 3.60. The second-order valence-electron chi connectivity index (χ2n) is 8.46. The van der Waals surface area contributed by atoms with Crippen molar-refractivity contribution in [3.05, 3.63) is 64.0 Å². The maximum absolute atomic E-state index is 13.3. The lowest BCUT2D eigenvalue weighted by Crippen LogP contribution is -2.32. The van der Waals surface area contributed by atoms with E-state index in [1.165, 1.54) is 0 Å². The summed E-state index contributed by atoms with van der Waals surface area (Å²) in [4.78, 5) is 30.8. The van der Waals surface area contributed by atoms with Crippen LogP contribution in [-0.4, -0.2) is 22.6 Å². The lowest BCUT2D eigenvalue weighted by Gasteiger charge is -2.26. The molecule has 33 heavy (non-hydrogen) atoms. The second-order valence-corrected chi connectivity index (χ2v) is 9.46. The summed E-state index contributed by atoms with van der Waals surface area (Å²) in [5.41, 5.74) is 4.67. The molecule has 0 aliphatic heterocycles. The monoisotopic (exact) mass is 465 g/mol. The number of benzene rings is 2. The average Bonchev–Trinajstić information content (AvgIpc) is 3.20. The van der Waals surface area contributed by atoms with Crippen LogP contribution < -0.4 is 10.6 Å². The normalized spacial score (nSPS) is 11.2. The first-order chi connectivity index (χ1) is 15.7. The fraction of sp³-hybridized carbons (Fsp3) is 0.346. The quantitative estimate of drug-likeness (QED) is 0.389. The van der Waals surface area contributed by atoms with Gasteiger partial charge in [-0.2, -0.15) is 0 Å². The van der Waals surface area contributed by atoms with Crippen LogP contribution in [0.25, 0.3) is 11.3 Å². The van der Waals surface area contributed by atoms with Crippen molar-refractivity contribution in [1.82, 2.24) is 4.98 Å². The number of rotatable bonds is 7. The first-order valence-electron chi connectivity index (χ1n) is 11.1. The first-order valence-corrected chi connectivity index (χ1v) is 11.9. The van der Waals surface area contributed by atoms with Gasteiger partial charge in [0.05, 0.1) is 5.69 Å². The van der Waals surface area contributed by atoms with E-state index < -0.39 is 11.7 Å². The summed E-state index contributed by atoms with van der Waals surface area (Å²) in [6.45, 7) is 11.8. The van der Waals surface area contributed by atoms with Gasteiger partial charge < -0.3 is 10.1 Å². The van der Waals surface area contributed by atoms with Crippen molar-refractivity contribution in [3.63, 3.8) is 0 Å². The molecule has 174 valence electrons. The highest BCUT2D eigenvalue weighted by Crippen LogP contribution is 2.33. The Hall–Kier alpha value is -3.19. The molecule has 0 bridgehead atoms. The Balaban J connectivity index is 1.93. The molecule has 0 aliphatic rings. The summed E-state index contributed by atoms with van der Waals surface area (Å²) < 4.78 is 5.61. The molecule has 3 aromatic rings. The van der Waals surface area contributed by atoms with Gasteiger partial charge in [0.15, 0.2) is 5.13 Å². The van der Waals surface area contributed by atoms with Crippen LogP contribution in [0.1, 0.15) is 60.0 Å². The first kappa shape index (κ1) is 24.5. The summed E-state index contributed by atoms with van der Waals surface area (Å²) in [5, 5.41) is 6.07. The van der Waals surface area contributed by atoms with Crippen LogP contribution in [0.4, 0.5) is 15.6 Å². The number of hydrogen-bond donors (Lipinski definition) is 2.